The van der Waals surface area contributed by atoms with Crippen molar-refractivity contribution in [2.75, 3.05) is 13.1 Å². The van der Waals surface area contributed by atoms with Gasteiger partial charge in [0.2, 0.25) is 11.8 Å². The number of benzene rings is 1. The van der Waals surface area contributed by atoms with Crippen LogP contribution in [0.3, 0.4) is 0 Å². The lowest BCUT2D eigenvalue weighted by molar-refractivity contribution is -0.133. The molecule has 1 aromatic carbocycles. The van der Waals surface area contributed by atoms with Crippen molar-refractivity contribution in [2.24, 2.45) is 0 Å². The molecule has 1 atom stereocenters. The van der Waals surface area contributed by atoms with Crippen molar-refractivity contribution in [1.82, 2.24) is 19.8 Å². The van der Waals surface area contributed by atoms with Crippen LogP contribution in [0.4, 0.5) is 0 Å². The predicted octanol–water partition coefficient (Wildman–Crippen LogP) is 1.97. The molecule has 29 heavy (non-hydrogen) atoms. The summed E-state index contributed by atoms with van der Waals surface area (Å²) < 4.78 is 0. The Balaban J connectivity index is 1.76. The highest BCUT2D eigenvalue weighted by molar-refractivity contribution is 5.82. The van der Waals surface area contributed by atoms with Crippen LogP contribution in [0, 0.1) is 13.8 Å². The van der Waals surface area contributed by atoms with Gasteiger partial charge in [-0.3, -0.25) is 14.4 Å². The smallest absolute Gasteiger partial charge is 0.254 e. The first-order valence-electron chi connectivity index (χ1n) is 10.1. The van der Waals surface area contributed by atoms with Crippen molar-refractivity contribution in [3.8, 4) is 0 Å². The Morgan fingerprint density at radius 3 is 2.59 bits per heavy atom. The van der Waals surface area contributed by atoms with E-state index in [1.54, 1.807) is 18.7 Å². The lowest BCUT2D eigenvalue weighted by atomic mass is 10.1. The number of amides is 2. The van der Waals surface area contributed by atoms with Crippen molar-refractivity contribution in [2.45, 2.75) is 52.6 Å². The zero-order chi connectivity index (χ0) is 21.0. The van der Waals surface area contributed by atoms with E-state index < -0.39 is 0 Å². The van der Waals surface area contributed by atoms with Crippen molar-refractivity contribution in [1.29, 1.82) is 0 Å². The average Bonchev–Trinajstić information content (AvgIpc) is 2.85. The van der Waals surface area contributed by atoms with E-state index in [1.165, 1.54) is 0 Å². The molecule has 0 unspecified atom stereocenters. The maximum Gasteiger partial charge on any atom is 0.254 e. The normalized spacial score (nSPS) is 17.3. The highest BCUT2D eigenvalue weighted by Gasteiger charge is 2.31. The number of aryl methyl sites for hydroxylation is 2. The van der Waals surface area contributed by atoms with Gasteiger partial charge in [0.05, 0.1) is 6.42 Å². The van der Waals surface area contributed by atoms with Gasteiger partial charge < -0.3 is 14.8 Å². The van der Waals surface area contributed by atoms with Gasteiger partial charge in [0, 0.05) is 43.4 Å². The van der Waals surface area contributed by atoms with E-state index in [4.69, 9.17) is 0 Å². The number of nitrogens with zero attached hydrogens (tertiary/aromatic N) is 3. The number of nitrogens with one attached hydrogen (secondary N) is 1. The molecule has 2 amide bonds. The zero-order valence-corrected chi connectivity index (χ0v) is 17.3. The van der Waals surface area contributed by atoms with Crippen LogP contribution in [0.25, 0.3) is 0 Å². The minimum absolute atomic E-state index is 0.00223. The fraction of sp³-hybridized carbons (Fsp3) is 0.455. The van der Waals surface area contributed by atoms with Crippen molar-refractivity contribution < 1.29 is 9.59 Å². The van der Waals surface area contributed by atoms with Crippen LogP contribution in [-0.4, -0.2) is 50.7 Å². The second kappa shape index (κ2) is 9.03. The summed E-state index contributed by atoms with van der Waals surface area (Å²) in [7, 11) is 0. The topological polar surface area (TPSA) is 86.4 Å². The van der Waals surface area contributed by atoms with E-state index in [9.17, 15) is 14.4 Å². The molecule has 7 nitrogen and oxygen atoms in total. The van der Waals surface area contributed by atoms with Crippen LogP contribution in [-0.2, 0) is 22.6 Å². The van der Waals surface area contributed by atoms with E-state index in [1.807, 2.05) is 42.2 Å². The van der Waals surface area contributed by atoms with Gasteiger partial charge in [-0.2, -0.15) is 0 Å². The summed E-state index contributed by atoms with van der Waals surface area (Å²) in [5.41, 5.74) is 1.77. The summed E-state index contributed by atoms with van der Waals surface area (Å²) in [6.07, 6.45) is 1.04. The second-order valence-electron chi connectivity index (χ2n) is 7.55. The first-order chi connectivity index (χ1) is 13.9. The summed E-state index contributed by atoms with van der Waals surface area (Å²) >= 11 is 0. The average molecular weight is 396 g/mol. The number of carbonyl (C=O) groups is 2. The van der Waals surface area contributed by atoms with E-state index in [2.05, 4.69) is 9.97 Å². The quantitative estimate of drug-likeness (QED) is 0.837. The van der Waals surface area contributed by atoms with Gasteiger partial charge >= 0.3 is 0 Å². The van der Waals surface area contributed by atoms with E-state index in [-0.39, 0.29) is 36.3 Å². The Labute approximate surface area is 170 Å². The molecule has 0 spiro atoms. The highest BCUT2D eigenvalue weighted by atomic mass is 16.2. The van der Waals surface area contributed by atoms with E-state index in [0.717, 1.165) is 12.0 Å². The molecule has 1 aliphatic rings. The third-order valence-electron chi connectivity index (χ3n) is 5.48. The Morgan fingerprint density at radius 1 is 1.21 bits per heavy atom. The van der Waals surface area contributed by atoms with Gasteiger partial charge in [0.25, 0.3) is 5.56 Å². The molecule has 0 aliphatic carbocycles. The molecular formula is C22H28N4O3. The molecule has 1 N–H and O–H groups in total. The maximum atomic E-state index is 13.0. The lowest BCUT2D eigenvalue weighted by Gasteiger charge is -2.31. The summed E-state index contributed by atoms with van der Waals surface area (Å²) in [6.45, 7) is 6.88. The minimum Gasteiger partial charge on any atom is -0.340 e. The summed E-state index contributed by atoms with van der Waals surface area (Å²) in [4.78, 5) is 48.5. The monoisotopic (exact) mass is 396 g/mol. The molecule has 3 rings (SSSR count). The lowest BCUT2D eigenvalue weighted by Crippen LogP contribution is -2.44. The van der Waals surface area contributed by atoms with E-state index >= 15 is 0 Å². The number of carbonyl (C=O) groups excluding carboxylic acids is 2. The first-order valence-corrected chi connectivity index (χ1v) is 10.1. The van der Waals surface area contributed by atoms with Gasteiger partial charge in [-0.15, -0.1) is 0 Å². The van der Waals surface area contributed by atoms with Crippen molar-refractivity contribution >= 4 is 11.8 Å². The van der Waals surface area contributed by atoms with Crippen LogP contribution in [0.2, 0.25) is 0 Å². The molecule has 1 saturated heterocycles. The molecule has 7 heteroatoms. The van der Waals surface area contributed by atoms with Gasteiger partial charge in [-0.25, -0.2) is 4.98 Å². The number of hydrogen-bond donors (Lipinski definition) is 1. The van der Waals surface area contributed by atoms with Crippen molar-refractivity contribution in [3.63, 3.8) is 0 Å². The SMILES string of the molecule is CC[C@@H]1CN(C(=O)Cc2c(C)nc(C)[nH]c2=O)CCC(=O)N1Cc1ccccc1. The fourth-order valence-electron chi connectivity index (χ4n) is 3.82. The van der Waals surface area contributed by atoms with Crippen molar-refractivity contribution in [3.05, 3.63) is 63.3 Å². The number of hydrogen-bond acceptors (Lipinski definition) is 4. The predicted molar refractivity (Wildman–Crippen MR) is 110 cm³/mol. The minimum atomic E-state index is -0.271. The summed E-state index contributed by atoms with van der Waals surface area (Å²) in [5, 5.41) is 0. The Hall–Kier alpha value is -2.96. The standard InChI is InChI=1S/C22H28N4O3/c1-4-18-14-25(21(28)12-19-15(2)23-16(3)24-22(19)29)11-10-20(27)26(18)13-17-8-6-5-7-9-17/h5-9,18H,4,10-14H2,1-3H3,(H,23,24,29)/t18-/m1/s1. The molecule has 2 heterocycles. The van der Waals surface area contributed by atoms with Gasteiger partial charge in [-0.1, -0.05) is 37.3 Å². The van der Waals surface area contributed by atoms with Gasteiger partial charge in [0.1, 0.15) is 5.82 Å². The Kier molecular flexibility index (Phi) is 6.46. The number of rotatable bonds is 5. The molecule has 0 radical (unpaired) electrons. The zero-order valence-electron chi connectivity index (χ0n) is 17.3. The number of aromatic nitrogens is 2. The first kappa shape index (κ1) is 20.8. The third-order valence-corrected chi connectivity index (χ3v) is 5.48. The molecular weight excluding hydrogens is 368 g/mol. The molecule has 1 aliphatic heterocycles. The summed E-state index contributed by atoms with van der Waals surface area (Å²) in [6, 6.07) is 9.84. The molecule has 0 bridgehead atoms. The molecule has 2 aromatic rings. The second-order valence-corrected chi connectivity index (χ2v) is 7.55. The fourth-order valence-corrected chi connectivity index (χ4v) is 3.82. The molecule has 0 saturated carbocycles. The van der Waals surface area contributed by atoms with Crippen LogP contribution in [0.5, 0.6) is 0 Å². The number of aromatic amines is 1. The molecule has 1 aromatic heterocycles. The van der Waals surface area contributed by atoms with Crippen LogP contribution in [0.15, 0.2) is 35.1 Å². The summed E-state index contributed by atoms with van der Waals surface area (Å²) in [5.74, 6) is 0.450. The van der Waals surface area contributed by atoms with Gasteiger partial charge in [0.15, 0.2) is 0 Å². The van der Waals surface area contributed by atoms with E-state index in [0.29, 0.717) is 36.7 Å². The van der Waals surface area contributed by atoms with Crippen LogP contribution >= 0.6 is 0 Å². The maximum absolute atomic E-state index is 13.0. The highest BCUT2D eigenvalue weighted by Crippen LogP contribution is 2.18. The Bertz CT molecular complexity index is 939. The Morgan fingerprint density at radius 2 is 1.93 bits per heavy atom. The number of H-pyrrole nitrogens is 1. The molecule has 154 valence electrons. The van der Waals surface area contributed by atoms with Crippen LogP contribution in [0.1, 0.15) is 42.4 Å². The third kappa shape index (κ3) is 4.91. The largest absolute Gasteiger partial charge is 0.340 e. The van der Waals surface area contributed by atoms with Crippen LogP contribution < -0.4 is 5.56 Å². The van der Waals surface area contributed by atoms with Gasteiger partial charge in [-0.05, 0) is 25.8 Å². The molecule has 1 fully saturated rings.